The van der Waals surface area contributed by atoms with Crippen LogP contribution in [0.15, 0.2) is 35.0 Å². The number of thioether (sulfide) groups is 1. The van der Waals surface area contributed by atoms with Crippen LogP contribution in [0.25, 0.3) is 0 Å². The van der Waals surface area contributed by atoms with E-state index in [4.69, 9.17) is 0 Å². The molecule has 1 aromatic heterocycles. The van der Waals surface area contributed by atoms with Gasteiger partial charge in [-0.15, -0.1) is 11.8 Å². The SMILES string of the molecule is CC[C@H](O)[C@@H]1C(=O)N2C(C(=O)S)=C(C3CCN(Cc4ccccn4)C3)S[C@H]12. The Hall–Kier alpha value is -1.35. The predicted octanol–water partition coefficient (Wildman–Crippen LogP) is 1.87. The highest BCUT2D eigenvalue weighted by atomic mass is 32.2. The number of nitrogens with zero attached hydrogens (tertiary/aromatic N) is 3. The summed E-state index contributed by atoms with van der Waals surface area (Å²) in [4.78, 5) is 33.9. The molecule has 3 aliphatic rings. The summed E-state index contributed by atoms with van der Waals surface area (Å²) in [7, 11) is 0. The van der Waals surface area contributed by atoms with Gasteiger partial charge in [0, 0.05) is 30.1 Å². The lowest BCUT2D eigenvalue weighted by atomic mass is 9.89. The third kappa shape index (κ3) is 3.33. The van der Waals surface area contributed by atoms with E-state index in [2.05, 4.69) is 22.5 Å². The molecular formula is C19H23N3O3S2. The van der Waals surface area contributed by atoms with Crippen LogP contribution in [0.3, 0.4) is 0 Å². The number of hydrogen-bond acceptors (Lipinski definition) is 6. The molecular weight excluding hydrogens is 382 g/mol. The van der Waals surface area contributed by atoms with Gasteiger partial charge in [0.15, 0.2) is 0 Å². The van der Waals surface area contributed by atoms with Gasteiger partial charge in [-0.25, -0.2) is 0 Å². The fourth-order valence-corrected chi connectivity index (χ4v) is 6.18. The quantitative estimate of drug-likeness (QED) is 0.556. The van der Waals surface area contributed by atoms with Crippen molar-refractivity contribution >= 4 is 35.4 Å². The summed E-state index contributed by atoms with van der Waals surface area (Å²) >= 11 is 5.61. The summed E-state index contributed by atoms with van der Waals surface area (Å²) in [6.07, 6.45) is 2.61. The van der Waals surface area contributed by atoms with Crippen LogP contribution in [0.5, 0.6) is 0 Å². The third-order valence-corrected chi connectivity index (χ3v) is 7.33. The first kappa shape index (κ1) is 19.0. The van der Waals surface area contributed by atoms with Gasteiger partial charge in [0.2, 0.25) is 11.0 Å². The molecule has 0 radical (unpaired) electrons. The van der Waals surface area contributed by atoms with Gasteiger partial charge in [0.25, 0.3) is 0 Å². The molecule has 144 valence electrons. The molecule has 1 aromatic rings. The molecule has 0 spiro atoms. The topological polar surface area (TPSA) is 73.7 Å². The van der Waals surface area contributed by atoms with Gasteiger partial charge >= 0.3 is 0 Å². The highest BCUT2D eigenvalue weighted by Gasteiger charge is 2.58. The van der Waals surface area contributed by atoms with E-state index in [1.54, 1.807) is 22.9 Å². The number of amides is 1. The smallest absolute Gasteiger partial charge is 0.236 e. The number of aromatic nitrogens is 1. The Bertz CT molecular complexity index is 786. The molecule has 1 unspecified atom stereocenters. The summed E-state index contributed by atoms with van der Waals surface area (Å²) in [6.45, 7) is 4.41. The van der Waals surface area contributed by atoms with Crippen molar-refractivity contribution in [2.75, 3.05) is 13.1 Å². The van der Waals surface area contributed by atoms with Crippen molar-refractivity contribution in [1.82, 2.24) is 14.8 Å². The minimum absolute atomic E-state index is 0.155. The second-order valence-corrected chi connectivity index (χ2v) is 8.84. The van der Waals surface area contributed by atoms with Gasteiger partial charge in [0.05, 0.1) is 17.7 Å². The zero-order chi connectivity index (χ0) is 19.1. The number of β-lactam (4-membered cyclic amide) rings is 1. The first-order chi connectivity index (χ1) is 13.0. The zero-order valence-corrected chi connectivity index (χ0v) is 16.8. The molecule has 0 aromatic carbocycles. The number of carbonyl (C=O) groups is 2. The fraction of sp³-hybridized carbons (Fsp3) is 0.526. The molecule has 1 N–H and O–H groups in total. The highest BCUT2D eigenvalue weighted by Crippen LogP contribution is 2.54. The fourth-order valence-electron chi connectivity index (χ4n) is 4.17. The molecule has 4 heterocycles. The largest absolute Gasteiger partial charge is 0.392 e. The number of likely N-dealkylation sites (tertiary alicyclic amines) is 1. The normalized spacial score (nSPS) is 29.1. The van der Waals surface area contributed by atoms with E-state index in [-0.39, 0.29) is 22.3 Å². The molecule has 4 atom stereocenters. The first-order valence-electron chi connectivity index (χ1n) is 9.28. The van der Waals surface area contributed by atoms with Crippen molar-refractivity contribution in [2.24, 2.45) is 11.8 Å². The number of thiol groups is 1. The minimum Gasteiger partial charge on any atom is -0.392 e. The minimum atomic E-state index is -0.661. The van der Waals surface area contributed by atoms with Crippen molar-refractivity contribution in [2.45, 2.75) is 37.8 Å². The molecule has 0 saturated carbocycles. The monoisotopic (exact) mass is 405 g/mol. The average Bonchev–Trinajstić information content (AvgIpc) is 3.25. The van der Waals surface area contributed by atoms with E-state index in [1.807, 2.05) is 25.1 Å². The maximum absolute atomic E-state index is 12.5. The molecule has 2 saturated heterocycles. The molecule has 2 fully saturated rings. The number of hydrogen-bond donors (Lipinski definition) is 2. The molecule has 3 aliphatic heterocycles. The van der Waals surface area contributed by atoms with Crippen LogP contribution in [0.1, 0.15) is 25.5 Å². The van der Waals surface area contributed by atoms with Gasteiger partial charge in [-0.3, -0.25) is 24.4 Å². The van der Waals surface area contributed by atoms with E-state index in [1.165, 1.54) is 0 Å². The molecule has 1 amide bonds. The Morgan fingerprint density at radius 1 is 1.48 bits per heavy atom. The first-order valence-corrected chi connectivity index (χ1v) is 10.6. The Labute approximate surface area is 168 Å². The second-order valence-electron chi connectivity index (χ2n) is 7.28. The highest BCUT2D eigenvalue weighted by molar-refractivity contribution is 8.04. The summed E-state index contributed by atoms with van der Waals surface area (Å²) in [5.74, 6) is -0.369. The molecule has 0 bridgehead atoms. The van der Waals surface area contributed by atoms with E-state index >= 15 is 0 Å². The van der Waals surface area contributed by atoms with Gasteiger partial charge in [-0.05, 0) is 31.5 Å². The van der Waals surface area contributed by atoms with E-state index < -0.39 is 12.0 Å². The standard InChI is InChI=1S/C19H23N3O3S2/c1-2-13(23)14-17(24)22-15(19(25)26)16(27-18(14)22)11-6-8-21(9-11)10-12-5-3-4-7-20-12/h3-5,7,11,13-14,18,23H,2,6,8-10H2,1H3,(H,25,26)/t11?,13-,14+,18+/m0/s1. The second kappa shape index (κ2) is 7.58. The number of carbonyl (C=O) groups excluding carboxylic acids is 2. The lowest BCUT2D eigenvalue weighted by Crippen LogP contribution is -2.61. The number of pyridine rings is 1. The average molecular weight is 406 g/mol. The predicted molar refractivity (Wildman–Crippen MR) is 107 cm³/mol. The number of rotatable bonds is 6. The summed E-state index contributed by atoms with van der Waals surface area (Å²) in [5, 5.41) is 9.65. The van der Waals surface area contributed by atoms with Crippen molar-refractivity contribution in [3.63, 3.8) is 0 Å². The lowest BCUT2D eigenvalue weighted by molar-refractivity contribution is -0.154. The third-order valence-electron chi connectivity index (χ3n) is 5.60. The Morgan fingerprint density at radius 2 is 2.30 bits per heavy atom. The molecule has 6 nitrogen and oxygen atoms in total. The Balaban J connectivity index is 1.50. The molecule has 4 rings (SSSR count). The molecule has 8 heteroatoms. The van der Waals surface area contributed by atoms with Crippen LogP contribution < -0.4 is 0 Å². The van der Waals surface area contributed by atoms with Gasteiger partial charge in [-0.2, -0.15) is 0 Å². The number of aliphatic hydroxyl groups excluding tert-OH is 1. The van der Waals surface area contributed by atoms with Crippen molar-refractivity contribution in [3.05, 3.63) is 40.7 Å². The number of aliphatic hydroxyl groups is 1. The maximum Gasteiger partial charge on any atom is 0.236 e. The number of fused-ring (bicyclic) bond motifs is 1. The van der Waals surface area contributed by atoms with Crippen LogP contribution in [0, 0.1) is 11.8 Å². The molecule has 27 heavy (non-hydrogen) atoms. The summed E-state index contributed by atoms with van der Waals surface area (Å²) in [6, 6.07) is 5.91. The van der Waals surface area contributed by atoms with Crippen molar-refractivity contribution < 1.29 is 14.7 Å². The summed E-state index contributed by atoms with van der Waals surface area (Å²) in [5.41, 5.74) is 1.46. The summed E-state index contributed by atoms with van der Waals surface area (Å²) < 4.78 is 0. The van der Waals surface area contributed by atoms with E-state index in [0.717, 1.165) is 36.7 Å². The van der Waals surface area contributed by atoms with Gasteiger partial charge < -0.3 is 5.11 Å². The van der Waals surface area contributed by atoms with Crippen molar-refractivity contribution in [1.29, 1.82) is 0 Å². The van der Waals surface area contributed by atoms with Crippen LogP contribution in [0.4, 0.5) is 0 Å². The zero-order valence-electron chi connectivity index (χ0n) is 15.1. The van der Waals surface area contributed by atoms with E-state index in [9.17, 15) is 14.7 Å². The maximum atomic E-state index is 12.5. The van der Waals surface area contributed by atoms with Gasteiger partial charge in [-0.1, -0.05) is 25.6 Å². The van der Waals surface area contributed by atoms with Crippen molar-refractivity contribution in [3.8, 4) is 0 Å². The Morgan fingerprint density at radius 3 is 2.96 bits per heavy atom. The Kier molecular flexibility index (Phi) is 5.33. The van der Waals surface area contributed by atoms with Crippen LogP contribution in [0.2, 0.25) is 0 Å². The van der Waals surface area contributed by atoms with Crippen LogP contribution in [-0.4, -0.2) is 55.5 Å². The van der Waals surface area contributed by atoms with Crippen LogP contribution >= 0.6 is 24.4 Å². The van der Waals surface area contributed by atoms with Crippen LogP contribution in [-0.2, 0) is 16.1 Å². The van der Waals surface area contributed by atoms with E-state index in [0.29, 0.717) is 12.1 Å². The lowest BCUT2D eigenvalue weighted by Gasteiger charge is -2.44. The molecule has 0 aliphatic carbocycles. The van der Waals surface area contributed by atoms with Gasteiger partial charge in [0.1, 0.15) is 11.1 Å².